The van der Waals surface area contributed by atoms with E-state index < -0.39 is 17.7 Å². The van der Waals surface area contributed by atoms with Crippen molar-refractivity contribution < 1.29 is 19.4 Å². The summed E-state index contributed by atoms with van der Waals surface area (Å²) in [5.74, 6) is -0.849. The lowest BCUT2D eigenvalue weighted by atomic mass is 9.86. The summed E-state index contributed by atoms with van der Waals surface area (Å²) < 4.78 is 10.8. The van der Waals surface area contributed by atoms with Crippen LogP contribution >= 0.6 is 0 Å². The second-order valence-electron chi connectivity index (χ2n) is 4.44. The molecule has 2 fully saturated rings. The van der Waals surface area contributed by atoms with Crippen molar-refractivity contribution in [2.75, 3.05) is 6.61 Å². The Morgan fingerprint density at radius 3 is 2.69 bits per heavy atom. The van der Waals surface area contributed by atoms with Gasteiger partial charge in [0, 0.05) is 12.8 Å². The van der Waals surface area contributed by atoms with E-state index in [1.165, 1.54) is 0 Å². The van der Waals surface area contributed by atoms with Gasteiger partial charge in [0.25, 0.3) is 0 Å². The SMILES string of the molecule is CC1(C)CC2(CCO1)OC2C(=O)O. The molecule has 74 valence electrons. The quantitative estimate of drug-likeness (QED) is 0.615. The van der Waals surface area contributed by atoms with Crippen LogP contribution in [0.5, 0.6) is 0 Å². The Hall–Kier alpha value is -0.610. The van der Waals surface area contributed by atoms with Crippen molar-refractivity contribution in [1.29, 1.82) is 0 Å². The van der Waals surface area contributed by atoms with E-state index >= 15 is 0 Å². The number of carbonyl (C=O) groups is 1. The Kier molecular flexibility index (Phi) is 1.69. The molecule has 2 aliphatic rings. The van der Waals surface area contributed by atoms with E-state index in [0.29, 0.717) is 19.4 Å². The van der Waals surface area contributed by atoms with Gasteiger partial charge in [-0.2, -0.15) is 0 Å². The minimum atomic E-state index is -0.849. The van der Waals surface area contributed by atoms with E-state index in [2.05, 4.69) is 0 Å². The first kappa shape index (κ1) is 8.97. The highest BCUT2D eigenvalue weighted by molar-refractivity contribution is 5.77. The van der Waals surface area contributed by atoms with E-state index in [1.807, 2.05) is 13.8 Å². The maximum Gasteiger partial charge on any atom is 0.335 e. The highest BCUT2D eigenvalue weighted by atomic mass is 16.6. The second-order valence-corrected chi connectivity index (χ2v) is 4.44. The van der Waals surface area contributed by atoms with Crippen molar-refractivity contribution in [3.8, 4) is 0 Å². The molecule has 2 aliphatic heterocycles. The van der Waals surface area contributed by atoms with Crippen LogP contribution in [0.15, 0.2) is 0 Å². The summed E-state index contributed by atoms with van der Waals surface area (Å²) in [5, 5.41) is 8.78. The molecule has 2 atom stereocenters. The molecular weight excluding hydrogens is 172 g/mol. The molecule has 0 amide bonds. The third kappa shape index (κ3) is 1.44. The molecule has 2 heterocycles. The maximum absolute atomic E-state index is 10.7. The lowest BCUT2D eigenvalue weighted by Crippen LogP contribution is -2.40. The fraction of sp³-hybridized carbons (Fsp3) is 0.889. The number of hydrogen-bond donors (Lipinski definition) is 1. The van der Waals surface area contributed by atoms with Crippen molar-refractivity contribution in [2.45, 2.75) is 44.0 Å². The second kappa shape index (κ2) is 2.45. The summed E-state index contributed by atoms with van der Waals surface area (Å²) in [6, 6.07) is 0. The number of carboxylic acids is 1. The van der Waals surface area contributed by atoms with Gasteiger partial charge in [-0.3, -0.25) is 0 Å². The van der Waals surface area contributed by atoms with Crippen LogP contribution in [-0.2, 0) is 14.3 Å². The summed E-state index contributed by atoms with van der Waals surface area (Å²) in [6.07, 6.45) is 0.778. The Bertz CT molecular complexity index is 248. The van der Waals surface area contributed by atoms with E-state index in [-0.39, 0.29) is 5.60 Å². The molecule has 0 radical (unpaired) electrons. The van der Waals surface area contributed by atoms with Crippen LogP contribution in [0.3, 0.4) is 0 Å². The summed E-state index contributed by atoms with van der Waals surface area (Å²) in [4.78, 5) is 10.7. The smallest absolute Gasteiger partial charge is 0.335 e. The van der Waals surface area contributed by atoms with Crippen LogP contribution < -0.4 is 0 Å². The fourth-order valence-electron chi connectivity index (χ4n) is 2.16. The number of aliphatic carboxylic acids is 1. The number of carboxylic acid groups (broad SMARTS) is 1. The Labute approximate surface area is 76.8 Å². The van der Waals surface area contributed by atoms with E-state index in [0.717, 1.165) is 0 Å². The fourth-order valence-corrected chi connectivity index (χ4v) is 2.16. The summed E-state index contributed by atoms with van der Waals surface area (Å²) in [5.41, 5.74) is -0.671. The Balaban J connectivity index is 2.06. The first-order chi connectivity index (χ1) is 5.95. The minimum Gasteiger partial charge on any atom is -0.479 e. The molecular formula is C9H14O4. The average Bonchev–Trinajstić information content (AvgIpc) is 2.60. The molecule has 2 unspecified atom stereocenters. The highest BCUT2D eigenvalue weighted by Gasteiger charge is 2.63. The van der Waals surface area contributed by atoms with Gasteiger partial charge in [0.15, 0.2) is 6.10 Å². The Morgan fingerprint density at radius 1 is 1.54 bits per heavy atom. The third-order valence-corrected chi connectivity index (χ3v) is 2.74. The third-order valence-electron chi connectivity index (χ3n) is 2.74. The number of epoxide rings is 1. The molecule has 1 N–H and O–H groups in total. The van der Waals surface area contributed by atoms with Crippen molar-refractivity contribution in [3.05, 3.63) is 0 Å². The summed E-state index contributed by atoms with van der Waals surface area (Å²) >= 11 is 0. The monoisotopic (exact) mass is 186 g/mol. The molecule has 1 spiro atoms. The zero-order valence-electron chi connectivity index (χ0n) is 7.87. The zero-order valence-corrected chi connectivity index (χ0v) is 7.87. The van der Waals surface area contributed by atoms with Gasteiger partial charge < -0.3 is 14.6 Å². The van der Waals surface area contributed by atoms with E-state index in [1.54, 1.807) is 0 Å². The zero-order chi connectivity index (χ0) is 9.69. The standard InChI is InChI=1S/C9H14O4/c1-8(2)5-9(3-4-12-8)6(13-9)7(10)11/h6H,3-5H2,1-2H3,(H,10,11). The predicted octanol–water partition coefficient (Wildman–Crippen LogP) is 0.798. The summed E-state index contributed by atoms with van der Waals surface area (Å²) in [7, 11) is 0. The highest BCUT2D eigenvalue weighted by Crippen LogP contribution is 2.49. The lowest BCUT2D eigenvalue weighted by molar-refractivity contribution is -0.138. The van der Waals surface area contributed by atoms with Crippen LogP contribution in [0, 0.1) is 0 Å². The summed E-state index contributed by atoms with van der Waals surface area (Å²) in [6.45, 7) is 4.53. The van der Waals surface area contributed by atoms with Crippen molar-refractivity contribution in [3.63, 3.8) is 0 Å². The molecule has 13 heavy (non-hydrogen) atoms. The number of rotatable bonds is 1. The van der Waals surface area contributed by atoms with Gasteiger partial charge in [0.05, 0.1) is 12.2 Å². The molecule has 0 bridgehead atoms. The van der Waals surface area contributed by atoms with Gasteiger partial charge in [0.2, 0.25) is 0 Å². The molecule has 0 aromatic carbocycles. The van der Waals surface area contributed by atoms with Gasteiger partial charge >= 0.3 is 5.97 Å². The van der Waals surface area contributed by atoms with Crippen LogP contribution in [0.2, 0.25) is 0 Å². The van der Waals surface area contributed by atoms with Crippen LogP contribution in [-0.4, -0.2) is 35.0 Å². The normalized spacial score (nSPS) is 41.8. The molecule has 0 aliphatic carbocycles. The van der Waals surface area contributed by atoms with E-state index in [4.69, 9.17) is 14.6 Å². The van der Waals surface area contributed by atoms with Gasteiger partial charge in [-0.15, -0.1) is 0 Å². The lowest BCUT2D eigenvalue weighted by Gasteiger charge is -2.33. The molecule has 0 saturated carbocycles. The average molecular weight is 186 g/mol. The van der Waals surface area contributed by atoms with Crippen LogP contribution in [0.1, 0.15) is 26.7 Å². The van der Waals surface area contributed by atoms with Gasteiger partial charge in [0.1, 0.15) is 5.60 Å². The van der Waals surface area contributed by atoms with E-state index in [9.17, 15) is 4.79 Å². The van der Waals surface area contributed by atoms with Crippen molar-refractivity contribution >= 4 is 5.97 Å². The first-order valence-corrected chi connectivity index (χ1v) is 4.50. The van der Waals surface area contributed by atoms with Gasteiger partial charge in [-0.05, 0) is 13.8 Å². The minimum absolute atomic E-state index is 0.248. The number of ether oxygens (including phenoxy) is 2. The largest absolute Gasteiger partial charge is 0.479 e. The van der Waals surface area contributed by atoms with Crippen LogP contribution in [0.25, 0.3) is 0 Å². The molecule has 0 aromatic rings. The predicted molar refractivity (Wildman–Crippen MR) is 44.5 cm³/mol. The van der Waals surface area contributed by atoms with Crippen LogP contribution in [0.4, 0.5) is 0 Å². The maximum atomic E-state index is 10.7. The van der Waals surface area contributed by atoms with Gasteiger partial charge in [-0.25, -0.2) is 4.79 Å². The van der Waals surface area contributed by atoms with Crippen molar-refractivity contribution in [1.82, 2.24) is 0 Å². The van der Waals surface area contributed by atoms with Gasteiger partial charge in [-0.1, -0.05) is 0 Å². The molecule has 4 nitrogen and oxygen atoms in total. The first-order valence-electron chi connectivity index (χ1n) is 4.50. The van der Waals surface area contributed by atoms with Crippen molar-refractivity contribution in [2.24, 2.45) is 0 Å². The Morgan fingerprint density at radius 2 is 2.23 bits per heavy atom. The molecule has 0 aromatic heterocycles. The molecule has 2 rings (SSSR count). The molecule has 4 heteroatoms. The molecule has 2 saturated heterocycles. The number of hydrogen-bond acceptors (Lipinski definition) is 3. The topological polar surface area (TPSA) is 59.1 Å².